The Balaban J connectivity index is 2.14. The second-order valence-electron chi connectivity index (χ2n) is 5.20. The van der Waals surface area contributed by atoms with Crippen molar-refractivity contribution in [3.8, 4) is 0 Å². The molecule has 1 fully saturated rings. The van der Waals surface area contributed by atoms with Crippen LogP contribution in [0.25, 0.3) is 10.8 Å². The van der Waals surface area contributed by atoms with E-state index in [4.69, 9.17) is 28.9 Å². The Kier molecular flexibility index (Phi) is 3.87. The van der Waals surface area contributed by atoms with Crippen LogP contribution in [0.4, 0.5) is 5.82 Å². The molecule has 21 heavy (non-hydrogen) atoms. The zero-order valence-electron chi connectivity index (χ0n) is 11.2. The Labute approximate surface area is 131 Å². The van der Waals surface area contributed by atoms with Crippen molar-refractivity contribution < 1.29 is 4.79 Å². The van der Waals surface area contributed by atoms with Gasteiger partial charge in [0.15, 0.2) is 11.5 Å². The summed E-state index contributed by atoms with van der Waals surface area (Å²) >= 11 is 12.1. The Morgan fingerprint density at radius 1 is 1.14 bits per heavy atom. The number of nitrogens with two attached hydrogens (primary N) is 1. The van der Waals surface area contributed by atoms with Crippen molar-refractivity contribution >= 4 is 45.7 Å². The summed E-state index contributed by atoms with van der Waals surface area (Å²) in [5.74, 6) is -0.0289. The van der Waals surface area contributed by atoms with Crippen molar-refractivity contribution in [2.75, 3.05) is 5.32 Å². The minimum atomic E-state index is -0.640. The minimum Gasteiger partial charge on any atom is -0.365 e. The molecule has 110 valence electrons. The molecule has 5 nitrogen and oxygen atoms in total. The first-order chi connectivity index (χ1) is 10.1. The van der Waals surface area contributed by atoms with E-state index in [1.807, 2.05) is 0 Å². The molecule has 0 aliphatic heterocycles. The summed E-state index contributed by atoms with van der Waals surface area (Å²) in [7, 11) is 0. The maximum absolute atomic E-state index is 11.5. The molecule has 2 aromatic rings. The Hall–Kier alpha value is -1.59. The van der Waals surface area contributed by atoms with Gasteiger partial charge in [-0.1, -0.05) is 36.0 Å². The van der Waals surface area contributed by atoms with Crippen molar-refractivity contribution in [1.29, 1.82) is 0 Å². The number of anilines is 1. The third-order valence-electron chi connectivity index (χ3n) is 3.75. The highest BCUT2D eigenvalue weighted by molar-refractivity contribution is 6.43. The largest absolute Gasteiger partial charge is 0.365 e. The van der Waals surface area contributed by atoms with E-state index in [9.17, 15) is 4.79 Å². The number of nitrogens with zero attached hydrogens (tertiary/aromatic N) is 2. The first kappa shape index (κ1) is 14.4. The maximum atomic E-state index is 11.5. The Bertz CT molecular complexity index is 714. The first-order valence-electron chi connectivity index (χ1n) is 6.78. The molecule has 0 bridgehead atoms. The van der Waals surface area contributed by atoms with Crippen LogP contribution in [0.5, 0.6) is 0 Å². The molecule has 3 N–H and O–H groups in total. The zero-order valence-corrected chi connectivity index (χ0v) is 12.7. The first-order valence-corrected chi connectivity index (χ1v) is 7.53. The second kappa shape index (κ2) is 5.66. The molecule has 3 rings (SSSR count). The average molecular weight is 325 g/mol. The molecule has 1 saturated carbocycles. The fourth-order valence-electron chi connectivity index (χ4n) is 2.70. The number of fused-ring (bicyclic) bond motifs is 1. The van der Waals surface area contributed by atoms with Gasteiger partial charge in [-0.15, -0.1) is 10.2 Å². The zero-order chi connectivity index (χ0) is 15.0. The van der Waals surface area contributed by atoms with Crippen molar-refractivity contribution in [2.45, 2.75) is 31.7 Å². The van der Waals surface area contributed by atoms with E-state index >= 15 is 0 Å². The minimum absolute atomic E-state index is 0.0977. The maximum Gasteiger partial charge on any atom is 0.269 e. The monoisotopic (exact) mass is 324 g/mol. The van der Waals surface area contributed by atoms with Gasteiger partial charge in [-0.3, -0.25) is 4.79 Å². The average Bonchev–Trinajstić information content (AvgIpc) is 2.93. The smallest absolute Gasteiger partial charge is 0.269 e. The van der Waals surface area contributed by atoms with Crippen LogP contribution in [0.3, 0.4) is 0 Å². The molecule has 7 heteroatoms. The number of carbonyl (C=O) groups excluding carboxylic acids is 1. The van der Waals surface area contributed by atoms with E-state index in [0.717, 1.165) is 12.8 Å². The van der Waals surface area contributed by atoms with Crippen LogP contribution in [0.1, 0.15) is 36.2 Å². The van der Waals surface area contributed by atoms with Gasteiger partial charge in [0.1, 0.15) is 0 Å². The summed E-state index contributed by atoms with van der Waals surface area (Å²) in [5.41, 5.74) is 5.44. The van der Waals surface area contributed by atoms with Crippen LogP contribution >= 0.6 is 23.2 Å². The number of amides is 1. The molecular formula is C14H14Cl2N4O. The number of hydrogen-bond acceptors (Lipinski definition) is 4. The van der Waals surface area contributed by atoms with Crippen LogP contribution in [0.15, 0.2) is 12.1 Å². The molecule has 0 spiro atoms. The fraction of sp³-hybridized carbons (Fsp3) is 0.357. The molecule has 1 amide bonds. The van der Waals surface area contributed by atoms with Gasteiger partial charge in [0, 0.05) is 16.8 Å². The summed E-state index contributed by atoms with van der Waals surface area (Å²) in [5, 5.41) is 13.4. The van der Waals surface area contributed by atoms with Crippen molar-refractivity contribution in [2.24, 2.45) is 5.73 Å². The van der Waals surface area contributed by atoms with E-state index in [2.05, 4.69) is 15.5 Å². The number of benzene rings is 1. The summed E-state index contributed by atoms with van der Waals surface area (Å²) in [6, 6.07) is 3.67. The number of primary amides is 1. The Morgan fingerprint density at radius 2 is 1.76 bits per heavy atom. The van der Waals surface area contributed by atoms with Gasteiger partial charge in [-0.2, -0.15) is 0 Å². The predicted molar refractivity (Wildman–Crippen MR) is 84.0 cm³/mol. The van der Waals surface area contributed by atoms with Gasteiger partial charge in [0.25, 0.3) is 5.91 Å². The van der Waals surface area contributed by atoms with E-state index in [1.165, 1.54) is 12.8 Å². The van der Waals surface area contributed by atoms with Crippen LogP contribution in [0, 0.1) is 0 Å². The van der Waals surface area contributed by atoms with Crippen molar-refractivity contribution in [3.63, 3.8) is 0 Å². The summed E-state index contributed by atoms with van der Waals surface area (Å²) in [6.07, 6.45) is 4.61. The Morgan fingerprint density at radius 3 is 2.38 bits per heavy atom. The molecule has 0 unspecified atom stereocenters. The molecule has 0 radical (unpaired) electrons. The molecule has 0 atom stereocenters. The topological polar surface area (TPSA) is 80.9 Å². The van der Waals surface area contributed by atoms with Crippen LogP contribution in [-0.2, 0) is 0 Å². The van der Waals surface area contributed by atoms with Gasteiger partial charge in [0.2, 0.25) is 0 Å². The molecule has 1 aliphatic carbocycles. The lowest BCUT2D eigenvalue weighted by molar-refractivity contribution is 0.0996. The van der Waals surface area contributed by atoms with Gasteiger partial charge in [-0.05, 0) is 25.0 Å². The van der Waals surface area contributed by atoms with Gasteiger partial charge in [0.05, 0.1) is 10.0 Å². The van der Waals surface area contributed by atoms with Gasteiger partial charge >= 0.3 is 0 Å². The summed E-state index contributed by atoms with van der Waals surface area (Å²) < 4.78 is 0. The van der Waals surface area contributed by atoms with E-state index < -0.39 is 5.91 Å². The van der Waals surface area contributed by atoms with Crippen molar-refractivity contribution in [3.05, 3.63) is 27.9 Å². The van der Waals surface area contributed by atoms with Gasteiger partial charge < -0.3 is 11.1 Å². The normalized spacial score (nSPS) is 15.5. The van der Waals surface area contributed by atoms with E-state index in [0.29, 0.717) is 32.7 Å². The third kappa shape index (κ3) is 2.76. The number of carbonyl (C=O) groups is 1. The van der Waals surface area contributed by atoms with Crippen molar-refractivity contribution in [1.82, 2.24) is 10.2 Å². The lowest BCUT2D eigenvalue weighted by Crippen LogP contribution is -2.19. The van der Waals surface area contributed by atoms with Crippen LogP contribution in [-0.4, -0.2) is 22.1 Å². The third-order valence-corrected chi connectivity index (χ3v) is 4.47. The number of nitrogens with one attached hydrogen (secondary N) is 1. The van der Waals surface area contributed by atoms with Crippen LogP contribution in [0.2, 0.25) is 10.0 Å². The standard InChI is InChI=1S/C14H14Cl2N4O/c15-10-5-8-9(6-11(10)16)14(18-7-3-1-2-4-7)20-19-12(8)13(17)21/h5-7H,1-4H2,(H2,17,21)(H,18,20). The molecular weight excluding hydrogens is 311 g/mol. The highest BCUT2D eigenvalue weighted by Gasteiger charge is 2.19. The summed E-state index contributed by atoms with van der Waals surface area (Å²) in [4.78, 5) is 11.5. The fourth-order valence-corrected chi connectivity index (χ4v) is 3.03. The van der Waals surface area contributed by atoms with Crippen LogP contribution < -0.4 is 11.1 Å². The van der Waals surface area contributed by atoms with E-state index in [-0.39, 0.29) is 5.69 Å². The number of hydrogen-bond donors (Lipinski definition) is 2. The lowest BCUT2D eigenvalue weighted by atomic mass is 10.1. The second-order valence-corrected chi connectivity index (χ2v) is 6.01. The lowest BCUT2D eigenvalue weighted by Gasteiger charge is -2.15. The summed E-state index contributed by atoms with van der Waals surface area (Å²) in [6.45, 7) is 0. The van der Waals surface area contributed by atoms with E-state index in [1.54, 1.807) is 12.1 Å². The number of aromatic nitrogens is 2. The number of rotatable bonds is 3. The predicted octanol–water partition coefficient (Wildman–Crippen LogP) is 3.39. The molecule has 1 aromatic carbocycles. The SMILES string of the molecule is NC(=O)c1nnc(NC2CCCC2)c2cc(Cl)c(Cl)cc12. The quantitative estimate of drug-likeness (QED) is 0.906. The van der Waals surface area contributed by atoms with Gasteiger partial charge in [-0.25, -0.2) is 0 Å². The molecule has 1 aromatic heterocycles. The molecule has 1 aliphatic rings. The number of halogens is 2. The molecule has 0 saturated heterocycles. The highest BCUT2D eigenvalue weighted by Crippen LogP contribution is 2.33. The molecule has 1 heterocycles. The highest BCUT2D eigenvalue weighted by atomic mass is 35.5.